The molecule has 2 aromatic carbocycles. The zero-order valence-electron chi connectivity index (χ0n) is 16.9. The molecule has 2 heterocycles. The number of amides is 2. The van der Waals surface area contributed by atoms with E-state index in [1.807, 2.05) is 24.3 Å². The summed E-state index contributed by atoms with van der Waals surface area (Å²) in [5, 5.41) is 0. The second-order valence-corrected chi connectivity index (χ2v) is 7.81. The van der Waals surface area contributed by atoms with E-state index in [9.17, 15) is 14.0 Å². The van der Waals surface area contributed by atoms with Gasteiger partial charge in [-0.25, -0.2) is 4.39 Å². The lowest BCUT2D eigenvalue weighted by Crippen LogP contribution is -2.48. The van der Waals surface area contributed by atoms with E-state index in [4.69, 9.17) is 9.47 Å². The number of likely N-dealkylation sites (N-methyl/N-ethyl adjacent to an activating group) is 1. The summed E-state index contributed by atoms with van der Waals surface area (Å²) in [6.45, 7) is 1.76. The first-order chi connectivity index (χ1) is 14.5. The number of benzene rings is 2. The lowest BCUT2D eigenvalue weighted by molar-refractivity contribution is -0.137. The number of ether oxygens (including phenoxy) is 2. The van der Waals surface area contributed by atoms with Crippen LogP contribution in [-0.4, -0.2) is 61.0 Å². The van der Waals surface area contributed by atoms with Gasteiger partial charge in [-0.2, -0.15) is 0 Å². The van der Waals surface area contributed by atoms with Gasteiger partial charge in [0.25, 0.3) is 5.91 Å². The topological polar surface area (TPSA) is 59.1 Å². The molecule has 0 aliphatic carbocycles. The summed E-state index contributed by atoms with van der Waals surface area (Å²) < 4.78 is 24.8. The lowest BCUT2D eigenvalue weighted by Gasteiger charge is -2.35. The summed E-state index contributed by atoms with van der Waals surface area (Å²) in [5.74, 6) is 0.583. The van der Waals surface area contributed by atoms with Crippen molar-refractivity contribution in [1.82, 2.24) is 9.80 Å². The molecule has 30 heavy (non-hydrogen) atoms. The molecule has 1 fully saturated rings. The molecule has 0 bridgehead atoms. The molecule has 2 aliphatic heterocycles. The van der Waals surface area contributed by atoms with Gasteiger partial charge in [0.15, 0.2) is 17.6 Å². The van der Waals surface area contributed by atoms with Gasteiger partial charge in [-0.15, -0.1) is 0 Å². The van der Waals surface area contributed by atoms with Crippen LogP contribution < -0.4 is 9.47 Å². The van der Waals surface area contributed by atoms with Crippen molar-refractivity contribution in [3.8, 4) is 11.5 Å². The Kier molecular flexibility index (Phi) is 5.88. The third kappa shape index (κ3) is 4.40. The molecule has 0 N–H and O–H groups in total. The summed E-state index contributed by atoms with van der Waals surface area (Å²) in [5.41, 5.74) is 0.435. The minimum Gasteiger partial charge on any atom is -0.486 e. The van der Waals surface area contributed by atoms with Crippen LogP contribution in [-0.2, 0) is 4.79 Å². The van der Waals surface area contributed by atoms with Gasteiger partial charge in [0, 0.05) is 25.7 Å². The van der Waals surface area contributed by atoms with Gasteiger partial charge in [0.05, 0.1) is 12.5 Å². The van der Waals surface area contributed by atoms with Crippen LogP contribution in [0.3, 0.4) is 0 Å². The highest BCUT2D eigenvalue weighted by Gasteiger charge is 2.32. The van der Waals surface area contributed by atoms with Crippen LogP contribution in [0.15, 0.2) is 48.5 Å². The van der Waals surface area contributed by atoms with Crippen LogP contribution in [0.1, 0.15) is 23.2 Å². The average Bonchev–Trinajstić information content (AvgIpc) is 2.78. The Morgan fingerprint density at radius 1 is 1.13 bits per heavy atom. The molecule has 1 saturated heterocycles. The first-order valence-corrected chi connectivity index (χ1v) is 10.2. The molecular weight excluding hydrogens is 387 g/mol. The van der Waals surface area contributed by atoms with E-state index in [1.54, 1.807) is 16.8 Å². The molecule has 0 radical (unpaired) electrons. The fourth-order valence-corrected chi connectivity index (χ4v) is 4.00. The van der Waals surface area contributed by atoms with Gasteiger partial charge in [0.1, 0.15) is 12.4 Å². The molecule has 7 heteroatoms. The summed E-state index contributed by atoms with van der Waals surface area (Å²) in [7, 11) is 1.76. The number of para-hydroxylation sites is 2. The minimum atomic E-state index is -0.378. The van der Waals surface area contributed by atoms with E-state index in [-0.39, 0.29) is 29.7 Å². The predicted molar refractivity (Wildman–Crippen MR) is 109 cm³/mol. The van der Waals surface area contributed by atoms with Gasteiger partial charge < -0.3 is 19.3 Å². The van der Waals surface area contributed by atoms with Crippen molar-refractivity contribution in [3.63, 3.8) is 0 Å². The normalized spacial score (nSPS) is 20.5. The molecule has 0 unspecified atom stereocenters. The third-order valence-electron chi connectivity index (χ3n) is 5.57. The fraction of sp³-hybridized carbons (Fsp3) is 0.391. The van der Waals surface area contributed by atoms with E-state index < -0.39 is 0 Å². The van der Waals surface area contributed by atoms with E-state index in [1.165, 1.54) is 24.3 Å². The van der Waals surface area contributed by atoms with Crippen molar-refractivity contribution < 1.29 is 23.5 Å². The maximum atomic E-state index is 13.1. The molecule has 0 saturated carbocycles. The van der Waals surface area contributed by atoms with Crippen molar-refractivity contribution in [2.75, 3.05) is 33.3 Å². The molecular formula is C23H25FN2O4. The van der Waals surface area contributed by atoms with Crippen LogP contribution in [0.5, 0.6) is 11.5 Å². The molecule has 0 aromatic heterocycles. The smallest absolute Gasteiger partial charge is 0.253 e. The fourth-order valence-electron chi connectivity index (χ4n) is 4.00. The maximum Gasteiger partial charge on any atom is 0.253 e. The summed E-state index contributed by atoms with van der Waals surface area (Å²) >= 11 is 0. The van der Waals surface area contributed by atoms with E-state index in [0.717, 1.165) is 12.8 Å². The van der Waals surface area contributed by atoms with Gasteiger partial charge in [-0.3, -0.25) is 9.59 Å². The number of rotatable bonds is 4. The zero-order chi connectivity index (χ0) is 21.1. The number of likely N-dealkylation sites (tertiary alicyclic amines) is 1. The van der Waals surface area contributed by atoms with Crippen LogP contribution in [0.4, 0.5) is 4.39 Å². The van der Waals surface area contributed by atoms with Gasteiger partial charge in [-0.05, 0) is 49.2 Å². The third-order valence-corrected chi connectivity index (χ3v) is 5.57. The first kappa shape index (κ1) is 20.2. The van der Waals surface area contributed by atoms with Gasteiger partial charge >= 0.3 is 0 Å². The molecule has 2 aromatic rings. The molecule has 2 amide bonds. The molecule has 4 rings (SSSR count). The van der Waals surface area contributed by atoms with Crippen molar-refractivity contribution >= 4 is 11.8 Å². The Bertz CT molecular complexity index is 918. The molecule has 2 atom stereocenters. The quantitative estimate of drug-likeness (QED) is 0.775. The van der Waals surface area contributed by atoms with Crippen LogP contribution in [0.2, 0.25) is 0 Å². The van der Waals surface area contributed by atoms with E-state index in [0.29, 0.717) is 43.3 Å². The summed E-state index contributed by atoms with van der Waals surface area (Å²) in [4.78, 5) is 29.1. The van der Waals surface area contributed by atoms with Gasteiger partial charge in [-0.1, -0.05) is 12.1 Å². The second-order valence-electron chi connectivity index (χ2n) is 7.81. The SMILES string of the molecule is CN(C[C@@H]1COc2ccccc2O1)C(=O)[C@H]1CCCN(C(=O)c2ccc(F)cc2)C1. The standard InChI is InChI=1S/C23H25FN2O4/c1-25(14-19-15-29-20-6-2-3-7-21(20)30-19)22(27)17-5-4-12-26(13-17)23(28)16-8-10-18(24)11-9-16/h2-3,6-11,17,19H,4-5,12-15H2,1H3/t17-,19+/m0/s1. The van der Waals surface area contributed by atoms with E-state index in [2.05, 4.69) is 0 Å². The Morgan fingerprint density at radius 2 is 1.87 bits per heavy atom. The number of piperidine rings is 1. The zero-order valence-corrected chi connectivity index (χ0v) is 16.9. The highest BCUT2D eigenvalue weighted by molar-refractivity contribution is 5.94. The molecule has 0 spiro atoms. The molecule has 6 nitrogen and oxygen atoms in total. The average molecular weight is 412 g/mol. The van der Waals surface area contributed by atoms with E-state index >= 15 is 0 Å². The number of carbonyl (C=O) groups excluding carboxylic acids is 2. The number of fused-ring (bicyclic) bond motifs is 1. The Hall–Kier alpha value is -3.09. The number of nitrogens with zero attached hydrogens (tertiary/aromatic N) is 2. The van der Waals surface area contributed by atoms with Crippen molar-refractivity contribution in [3.05, 3.63) is 59.9 Å². The highest BCUT2D eigenvalue weighted by atomic mass is 19.1. The van der Waals surface area contributed by atoms with Gasteiger partial charge in [0.2, 0.25) is 5.91 Å². The number of hydrogen-bond donors (Lipinski definition) is 0. The Morgan fingerprint density at radius 3 is 2.63 bits per heavy atom. The van der Waals surface area contributed by atoms with Crippen molar-refractivity contribution in [2.24, 2.45) is 5.92 Å². The lowest BCUT2D eigenvalue weighted by atomic mass is 9.96. The largest absolute Gasteiger partial charge is 0.486 e. The number of carbonyl (C=O) groups is 2. The summed E-state index contributed by atoms with van der Waals surface area (Å²) in [6.07, 6.45) is 1.25. The number of hydrogen-bond acceptors (Lipinski definition) is 4. The highest BCUT2D eigenvalue weighted by Crippen LogP contribution is 2.31. The number of halogens is 1. The second kappa shape index (κ2) is 8.73. The Labute approximate surface area is 175 Å². The van der Waals surface area contributed by atoms with Crippen LogP contribution in [0, 0.1) is 11.7 Å². The first-order valence-electron chi connectivity index (χ1n) is 10.2. The van der Waals surface area contributed by atoms with Crippen LogP contribution >= 0.6 is 0 Å². The van der Waals surface area contributed by atoms with Crippen molar-refractivity contribution in [1.29, 1.82) is 0 Å². The predicted octanol–water partition coefficient (Wildman–Crippen LogP) is 2.98. The van der Waals surface area contributed by atoms with Crippen LogP contribution in [0.25, 0.3) is 0 Å². The maximum absolute atomic E-state index is 13.1. The van der Waals surface area contributed by atoms with Crippen molar-refractivity contribution in [2.45, 2.75) is 18.9 Å². The molecule has 2 aliphatic rings. The Balaban J connectivity index is 1.34. The monoisotopic (exact) mass is 412 g/mol. The molecule has 158 valence electrons. The minimum absolute atomic E-state index is 0.00550. The summed E-state index contributed by atoms with van der Waals surface area (Å²) in [6, 6.07) is 13.0.